The quantitative estimate of drug-likeness (QED) is 0.873. The van der Waals surface area contributed by atoms with Crippen molar-refractivity contribution in [2.75, 3.05) is 31.6 Å². The molecule has 1 aliphatic heterocycles. The summed E-state index contributed by atoms with van der Waals surface area (Å²) in [6, 6.07) is 4.54. The number of hydrogen-bond acceptors (Lipinski definition) is 4. The van der Waals surface area contributed by atoms with Gasteiger partial charge in [-0.1, -0.05) is 13.0 Å². The molecule has 2 rings (SSSR count). The third-order valence-corrected chi connectivity index (χ3v) is 4.44. The highest BCUT2D eigenvalue weighted by molar-refractivity contribution is 5.49. The van der Waals surface area contributed by atoms with Crippen molar-refractivity contribution in [2.24, 2.45) is 0 Å². The van der Waals surface area contributed by atoms with Crippen LogP contribution < -0.4 is 10.2 Å². The molecule has 4 heteroatoms. The van der Waals surface area contributed by atoms with Crippen LogP contribution in [0.1, 0.15) is 51.6 Å². The molecule has 2 heterocycles. The van der Waals surface area contributed by atoms with Crippen molar-refractivity contribution >= 4 is 5.82 Å². The Kier molecular flexibility index (Phi) is 5.59. The zero-order valence-electron chi connectivity index (χ0n) is 13.9. The number of rotatable bonds is 6. The zero-order valence-corrected chi connectivity index (χ0v) is 13.9. The van der Waals surface area contributed by atoms with Crippen LogP contribution in [-0.2, 0) is 4.74 Å². The topological polar surface area (TPSA) is 37.4 Å². The lowest BCUT2D eigenvalue weighted by molar-refractivity contribution is -0.00486. The summed E-state index contributed by atoms with van der Waals surface area (Å²) >= 11 is 0. The van der Waals surface area contributed by atoms with Crippen LogP contribution in [0.15, 0.2) is 18.3 Å². The van der Waals surface area contributed by atoms with E-state index in [9.17, 15) is 0 Å². The molecule has 21 heavy (non-hydrogen) atoms. The second-order valence-corrected chi connectivity index (χ2v) is 6.27. The molecule has 0 saturated carbocycles. The van der Waals surface area contributed by atoms with E-state index in [1.54, 1.807) is 0 Å². The molecule has 0 aliphatic carbocycles. The van der Waals surface area contributed by atoms with E-state index in [1.165, 1.54) is 5.56 Å². The number of methoxy groups -OCH3 is 1. The van der Waals surface area contributed by atoms with Gasteiger partial charge in [-0.3, -0.25) is 0 Å². The lowest BCUT2D eigenvalue weighted by Gasteiger charge is -2.41. The van der Waals surface area contributed by atoms with Gasteiger partial charge in [0.25, 0.3) is 0 Å². The first-order valence-electron chi connectivity index (χ1n) is 8.08. The van der Waals surface area contributed by atoms with Crippen molar-refractivity contribution in [3.05, 3.63) is 23.9 Å². The van der Waals surface area contributed by atoms with E-state index in [2.05, 4.69) is 42.0 Å². The number of aromatic nitrogens is 1. The predicted molar refractivity (Wildman–Crippen MR) is 87.8 cm³/mol. The van der Waals surface area contributed by atoms with Crippen LogP contribution in [0.3, 0.4) is 0 Å². The Morgan fingerprint density at radius 1 is 1.52 bits per heavy atom. The van der Waals surface area contributed by atoms with Crippen LogP contribution in [0.25, 0.3) is 0 Å². The molecule has 0 amide bonds. The van der Waals surface area contributed by atoms with Gasteiger partial charge in [-0.05, 0) is 45.7 Å². The van der Waals surface area contributed by atoms with Crippen molar-refractivity contribution in [2.45, 2.75) is 51.7 Å². The summed E-state index contributed by atoms with van der Waals surface area (Å²) in [7, 11) is 1.81. The Morgan fingerprint density at radius 2 is 2.33 bits per heavy atom. The van der Waals surface area contributed by atoms with Gasteiger partial charge in [-0.2, -0.15) is 0 Å². The zero-order chi connectivity index (χ0) is 15.3. The van der Waals surface area contributed by atoms with E-state index in [-0.39, 0.29) is 5.60 Å². The normalized spacial score (nSPS) is 24.1. The fraction of sp³-hybridized carbons (Fsp3) is 0.706. The molecule has 1 saturated heterocycles. The minimum Gasteiger partial charge on any atom is -0.377 e. The van der Waals surface area contributed by atoms with Gasteiger partial charge >= 0.3 is 0 Å². The van der Waals surface area contributed by atoms with Crippen LogP contribution in [0, 0.1) is 0 Å². The minimum atomic E-state index is -0.0624. The second kappa shape index (κ2) is 7.23. The first kappa shape index (κ1) is 16.2. The molecule has 0 spiro atoms. The number of nitrogens with zero attached hydrogens (tertiary/aromatic N) is 2. The Hall–Kier alpha value is -1.13. The van der Waals surface area contributed by atoms with Crippen molar-refractivity contribution in [1.82, 2.24) is 10.3 Å². The van der Waals surface area contributed by atoms with E-state index in [4.69, 9.17) is 4.74 Å². The van der Waals surface area contributed by atoms with Gasteiger partial charge in [0.1, 0.15) is 5.82 Å². The van der Waals surface area contributed by atoms with Crippen LogP contribution >= 0.6 is 0 Å². The third kappa shape index (κ3) is 3.95. The molecule has 4 nitrogen and oxygen atoms in total. The lowest BCUT2D eigenvalue weighted by Crippen LogP contribution is -2.48. The Bertz CT molecular complexity index is 451. The van der Waals surface area contributed by atoms with Gasteiger partial charge in [0.2, 0.25) is 0 Å². The molecule has 1 fully saturated rings. The smallest absolute Gasteiger partial charge is 0.133 e. The number of pyridine rings is 1. The molecule has 0 aromatic carbocycles. The largest absolute Gasteiger partial charge is 0.377 e. The van der Waals surface area contributed by atoms with Crippen molar-refractivity contribution in [1.29, 1.82) is 0 Å². The van der Waals surface area contributed by atoms with Gasteiger partial charge in [0.15, 0.2) is 0 Å². The standard InChI is InChI=1S/C17H29N3O/c1-5-10-18-14(2)15-8-6-11-19-16(15)20-12-7-9-17(3,13-20)21-4/h6,8,11,14,18H,5,7,9-10,12-13H2,1-4H3. The molecule has 1 aromatic heterocycles. The molecule has 118 valence electrons. The number of hydrogen-bond donors (Lipinski definition) is 1. The summed E-state index contributed by atoms with van der Waals surface area (Å²) in [4.78, 5) is 7.04. The maximum absolute atomic E-state index is 5.71. The van der Waals surface area contributed by atoms with Crippen LogP contribution in [-0.4, -0.2) is 37.3 Å². The Balaban J connectivity index is 2.19. The highest BCUT2D eigenvalue weighted by Crippen LogP contribution is 2.30. The summed E-state index contributed by atoms with van der Waals surface area (Å²) in [6.07, 6.45) is 5.30. The fourth-order valence-corrected chi connectivity index (χ4v) is 3.04. The summed E-state index contributed by atoms with van der Waals surface area (Å²) in [5.41, 5.74) is 1.22. The van der Waals surface area contributed by atoms with E-state index in [0.717, 1.165) is 44.7 Å². The summed E-state index contributed by atoms with van der Waals surface area (Å²) in [5, 5.41) is 3.56. The van der Waals surface area contributed by atoms with Crippen LogP contribution in [0.5, 0.6) is 0 Å². The number of anilines is 1. The maximum Gasteiger partial charge on any atom is 0.133 e. The highest BCUT2D eigenvalue weighted by atomic mass is 16.5. The van der Waals surface area contributed by atoms with E-state index >= 15 is 0 Å². The van der Waals surface area contributed by atoms with E-state index in [1.807, 2.05) is 19.4 Å². The number of nitrogens with one attached hydrogen (secondary N) is 1. The first-order valence-corrected chi connectivity index (χ1v) is 8.08. The molecule has 1 N–H and O–H groups in total. The summed E-state index contributed by atoms with van der Waals surface area (Å²) in [5.74, 6) is 1.11. The summed E-state index contributed by atoms with van der Waals surface area (Å²) in [6.45, 7) is 9.61. The second-order valence-electron chi connectivity index (χ2n) is 6.27. The minimum absolute atomic E-state index is 0.0624. The van der Waals surface area contributed by atoms with Gasteiger partial charge in [-0.25, -0.2) is 4.98 Å². The van der Waals surface area contributed by atoms with Crippen LogP contribution in [0.4, 0.5) is 5.82 Å². The monoisotopic (exact) mass is 291 g/mol. The Labute approximate surface area is 128 Å². The SMILES string of the molecule is CCCNC(C)c1cccnc1N1CCCC(C)(OC)C1. The van der Waals surface area contributed by atoms with E-state index in [0.29, 0.717) is 6.04 Å². The highest BCUT2D eigenvalue weighted by Gasteiger charge is 2.32. The van der Waals surface area contributed by atoms with Crippen molar-refractivity contribution in [3.8, 4) is 0 Å². The molecule has 0 radical (unpaired) electrons. The molecular formula is C17H29N3O. The van der Waals surface area contributed by atoms with Gasteiger partial charge in [0, 0.05) is 38.0 Å². The first-order chi connectivity index (χ1) is 10.1. The van der Waals surface area contributed by atoms with Gasteiger partial charge in [0.05, 0.1) is 5.60 Å². The molecular weight excluding hydrogens is 262 g/mol. The maximum atomic E-state index is 5.71. The molecule has 2 atom stereocenters. The number of ether oxygens (including phenoxy) is 1. The van der Waals surface area contributed by atoms with Gasteiger partial charge in [-0.15, -0.1) is 0 Å². The van der Waals surface area contributed by atoms with Crippen molar-refractivity contribution in [3.63, 3.8) is 0 Å². The average molecular weight is 291 g/mol. The van der Waals surface area contributed by atoms with E-state index < -0.39 is 0 Å². The average Bonchev–Trinajstić information content (AvgIpc) is 2.52. The van der Waals surface area contributed by atoms with Gasteiger partial charge < -0.3 is 15.0 Å². The predicted octanol–water partition coefficient (Wildman–Crippen LogP) is 3.15. The summed E-state index contributed by atoms with van der Waals surface area (Å²) < 4.78 is 5.71. The molecule has 1 aromatic rings. The molecule has 1 aliphatic rings. The Morgan fingerprint density at radius 3 is 3.05 bits per heavy atom. The van der Waals surface area contributed by atoms with Crippen LogP contribution in [0.2, 0.25) is 0 Å². The molecule has 2 unspecified atom stereocenters. The fourth-order valence-electron chi connectivity index (χ4n) is 3.04. The third-order valence-electron chi connectivity index (χ3n) is 4.44. The van der Waals surface area contributed by atoms with Crippen molar-refractivity contribution < 1.29 is 4.74 Å². The molecule has 0 bridgehead atoms. The lowest BCUT2D eigenvalue weighted by atomic mass is 9.94. The number of piperidine rings is 1.